The second-order valence-electron chi connectivity index (χ2n) is 5.32. The smallest absolute Gasteiger partial charge is 0.179 e. The molecule has 0 fully saturated rings. The fraction of sp³-hybridized carbons (Fsp3) is 0.429. The average molecular weight is 341 g/mol. The van der Waals surface area contributed by atoms with Gasteiger partial charge in [0.25, 0.3) is 0 Å². The number of aromatic nitrogens is 3. The summed E-state index contributed by atoms with van der Waals surface area (Å²) in [6, 6.07) is 6.50. The molecule has 0 unspecified atom stereocenters. The quantitative estimate of drug-likeness (QED) is 0.888. The Morgan fingerprint density at radius 3 is 2.86 bits per heavy atom. The van der Waals surface area contributed by atoms with Crippen molar-refractivity contribution in [2.75, 3.05) is 12.3 Å². The summed E-state index contributed by atoms with van der Waals surface area (Å²) < 4.78 is 26.3. The van der Waals surface area contributed by atoms with Crippen LogP contribution in [-0.2, 0) is 22.8 Å². The minimum absolute atomic E-state index is 0.0648. The Hall–Kier alpha value is -1.44. The summed E-state index contributed by atoms with van der Waals surface area (Å²) >= 11 is 5.78. The van der Waals surface area contributed by atoms with Gasteiger partial charge in [0, 0.05) is 24.0 Å². The molecule has 118 valence electrons. The molecule has 6 nitrogen and oxygen atoms in total. The first-order valence-electron chi connectivity index (χ1n) is 7.13. The van der Waals surface area contributed by atoms with Gasteiger partial charge in [0.05, 0.1) is 17.2 Å². The zero-order valence-electron chi connectivity index (χ0n) is 11.9. The first-order chi connectivity index (χ1) is 10.5. The fourth-order valence-electron chi connectivity index (χ4n) is 2.56. The van der Waals surface area contributed by atoms with E-state index in [0.29, 0.717) is 16.5 Å². The van der Waals surface area contributed by atoms with Crippen LogP contribution in [0, 0.1) is 0 Å². The van der Waals surface area contributed by atoms with Crippen LogP contribution in [0.4, 0.5) is 0 Å². The molecule has 0 saturated carbocycles. The summed E-state index contributed by atoms with van der Waals surface area (Å²) in [6.45, 7) is 1.15. The molecule has 0 bridgehead atoms. The molecule has 1 aliphatic rings. The highest BCUT2D eigenvalue weighted by Crippen LogP contribution is 2.15. The van der Waals surface area contributed by atoms with Gasteiger partial charge in [-0.2, -0.15) is 5.10 Å². The van der Waals surface area contributed by atoms with Crippen molar-refractivity contribution in [2.24, 2.45) is 0 Å². The molecule has 22 heavy (non-hydrogen) atoms. The molecule has 1 aromatic heterocycles. The van der Waals surface area contributed by atoms with Gasteiger partial charge in [0.1, 0.15) is 12.2 Å². The molecule has 2 heterocycles. The van der Waals surface area contributed by atoms with Gasteiger partial charge in [0.15, 0.2) is 9.84 Å². The maximum Gasteiger partial charge on any atom is 0.179 e. The second-order valence-corrected chi connectivity index (χ2v) is 7.87. The molecule has 1 atom stereocenters. The van der Waals surface area contributed by atoms with Crippen molar-refractivity contribution in [3.63, 3.8) is 0 Å². The molecular weight excluding hydrogens is 324 g/mol. The van der Waals surface area contributed by atoms with Gasteiger partial charge in [-0.1, -0.05) is 11.6 Å². The minimum Gasteiger partial charge on any atom is -0.311 e. The van der Waals surface area contributed by atoms with Gasteiger partial charge in [0.2, 0.25) is 0 Å². The maximum absolute atomic E-state index is 12.2. The van der Waals surface area contributed by atoms with Gasteiger partial charge in [-0.25, -0.2) is 18.1 Å². The van der Waals surface area contributed by atoms with Gasteiger partial charge >= 0.3 is 0 Å². The summed E-state index contributed by atoms with van der Waals surface area (Å²) in [7, 11) is -3.28. The van der Waals surface area contributed by atoms with Crippen LogP contribution in [0.3, 0.4) is 0 Å². The Morgan fingerprint density at radius 1 is 1.32 bits per heavy atom. The summed E-state index contributed by atoms with van der Waals surface area (Å²) in [5, 5.41) is 7.98. The molecule has 1 N–H and O–H groups in total. The van der Waals surface area contributed by atoms with Crippen LogP contribution in [0.15, 0.2) is 35.5 Å². The SMILES string of the molecule is O=S(=O)(CCN[C@H]1CCc2ncnn2C1)c1ccc(Cl)cc1. The van der Waals surface area contributed by atoms with Gasteiger partial charge < -0.3 is 5.32 Å². The molecule has 8 heteroatoms. The fourth-order valence-corrected chi connectivity index (χ4v) is 3.86. The number of aryl methyl sites for hydroxylation is 1. The Balaban J connectivity index is 1.54. The topological polar surface area (TPSA) is 76.9 Å². The molecule has 0 saturated heterocycles. The van der Waals surface area contributed by atoms with Crippen LogP contribution < -0.4 is 5.32 Å². The number of nitrogens with one attached hydrogen (secondary N) is 1. The highest BCUT2D eigenvalue weighted by Gasteiger charge is 2.20. The highest BCUT2D eigenvalue weighted by molar-refractivity contribution is 7.91. The minimum atomic E-state index is -3.28. The van der Waals surface area contributed by atoms with Crippen molar-refractivity contribution in [1.29, 1.82) is 0 Å². The molecule has 0 radical (unpaired) electrons. The lowest BCUT2D eigenvalue weighted by Gasteiger charge is -2.23. The predicted octanol–water partition coefficient (Wildman–Crippen LogP) is 1.31. The number of hydrogen-bond donors (Lipinski definition) is 1. The molecule has 2 aromatic rings. The molecule has 1 aliphatic heterocycles. The lowest BCUT2D eigenvalue weighted by Crippen LogP contribution is -2.40. The van der Waals surface area contributed by atoms with Crippen molar-refractivity contribution >= 4 is 21.4 Å². The van der Waals surface area contributed by atoms with Crippen molar-refractivity contribution in [3.05, 3.63) is 41.4 Å². The largest absolute Gasteiger partial charge is 0.311 e. The van der Waals surface area contributed by atoms with Crippen LogP contribution >= 0.6 is 11.6 Å². The molecule has 0 amide bonds. The predicted molar refractivity (Wildman–Crippen MR) is 83.6 cm³/mol. The van der Waals surface area contributed by atoms with E-state index in [2.05, 4.69) is 15.4 Å². The lowest BCUT2D eigenvalue weighted by molar-refractivity contribution is 0.365. The second kappa shape index (κ2) is 6.36. The third-order valence-electron chi connectivity index (χ3n) is 3.78. The standard InChI is InChI=1S/C14H17ClN4O2S/c15-11-1-4-13(5-2-11)22(20,21)8-7-16-12-3-6-14-17-10-18-19(14)9-12/h1-2,4-5,10,12,16H,3,6-9H2/t12-/m0/s1. The van der Waals surface area contributed by atoms with Gasteiger partial charge in [-0.05, 0) is 30.7 Å². The van der Waals surface area contributed by atoms with E-state index in [0.717, 1.165) is 25.2 Å². The number of hydrogen-bond acceptors (Lipinski definition) is 5. The zero-order chi connectivity index (χ0) is 15.6. The van der Waals surface area contributed by atoms with E-state index in [-0.39, 0.29) is 11.8 Å². The van der Waals surface area contributed by atoms with E-state index in [1.807, 2.05) is 4.68 Å². The van der Waals surface area contributed by atoms with Gasteiger partial charge in [-0.15, -0.1) is 0 Å². The Kier molecular flexibility index (Phi) is 4.46. The zero-order valence-corrected chi connectivity index (χ0v) is 13.5. The normalized spacial score (nSPS) is 18.1. The van der Waals surface area contributed by atoms with Gasteiger partial charge in [-0.3, -0.25) is 0 Å². The highest BCUT2D eigenvalue weighted by atomic mass is 35.5. The summed E-state index contributed by atoms with van der Waals surface area (Å²) in [4.78, 5) is 4.48. The van der Waals surface area contributed by atoms with E-state index in [1.54, 1.807) is 30.6 Å². The van der Waals surface area contributed by atoms with Crippen molar-refractivity contribution in [3.8, 4) is 0 Å². The monoisotopic (exact) mass is 340 g/mol. The third-order valence-corrected chi connectivity index (χ3v) is 5.77. The van der Waals surface area contributed by atoms with Crippen LogP contribution in [0.2, 0.25) is 5.02 Å². The van der Waals surface area contributed by atoms with E-state index in [1.165, 1.54) is 0 Å². The summed E-state index contributed by atoms with van der Waals surface area (Å²) in [5.74, 6) is 1.06. The van der Waals surface area contributed by atoms with Crippen LogP contribution in [0.1, 0.15) is 12.2 Å². The summed E-state index contributed by atoms with van der Waals surface area (Å²) in [5.41, 5.74) is 0. The molecular formula is C14H17ClN4O2S. The Bertz CT molecular complexity index is 742. The van der Waals surface area contributed by atoms with Crippen LogP contribution in [-0.4, -0.2) is 41.5 Å². The lowest BCUT2D eigenvalue weighted by atomic mass is 10.1. The van der Waals surface area contributed by atoms with Crippen LogP contribution in [0.25, 0.3) is 0 Å². The third kappa shape index (κ3) is 3.48. The maximum atomic E-state index is 12.2. The van der Waals surface area contributed by atoms with Crippen molar-refractivity contribution in [1.82, 2.24) is 20.1 Å². The number of sulfone groups is 1. The Labute approximate surface area is 134 Å². The molecule has 1 aromatic carbocycles. The van der Waals surface area contributed by atoms with E-state index in [9.17, 15) is 8.42 Å². The Morgan fingerprint density at radius 2 is 2.09 bits per heavy atom. The summed E-state index contributed by atoms with van der Waals surface area (Å²) in [6.07, 6.45) is 3.37. The van der Waals surface area contributed by atoms with Crippen molar-refractivity contribution in [2.45, 2.75) is 30.3 Å². The average Bonchev–Trinajstić information content (AvgIpc) is 2.95. The molecule has 0 aliphatic carbocycles. The number of halogens is 1. The first kappa shape index (κ1) is 15.5. The number of rotatable bonds is 5. The number of benzene rings is 1. The molecule has 3 rings (SSSR count). The van der Waals surface area contributed by atoms with Crippen LogP contribution in [0.5, 0.6) is 0 Å². The van der Waals surface area contributed by atoms with E-state index >= 15 is 0 Å². The first-order valence-corrected chi connectivity index (χ1v) is 9.16. The molecule has 0 spiro atoms. The van der Waals surface area contributed by atoms with E-state index in [4.69, 9.17) is 11.6 Å². The van der Waals surface area contributed by atoms with E-state index < -0.39 is 9.84 Å². The number of fused-ring (bicyclic) bond motifs is 1. The number of nitrogens with zero attached hydrogens (tertiary/aromatic N) is 3. The van der Waals surface area contributed by atoms with Crippen molar-refractivity contribution < 1.29 is 8.42 Å².